The van der Waals surface area contributed by atoms with Gasteiger partial charge in [0.25, 0.3) is 0 Å². The van der Waals surface area contributed by atoms with Crippen LogP contribution in [0.5, 0.6) is 0 Å². The van der Waals surface area contributed by atoms with Gasteiger partial charge in [-0.2, -0.15) is 11.8 Å². The van der Waals surface area contributed by atoms with Crippen molar-refractivity contribution in [1.82, 2.24) is 4.98 Å². The molecule has 3 rings (SSSR count). The van der Waals surface area contributed by atoms with Crippen molar-refractivity contribution >= 4 is 17.4 Å². The number of hydrogen-bond acceptors (Lipinski definition) is 4. The van der Waals surface area contributed by atoms with E-state index in [0.29, 0.717) is 11.9 Å². The van der Waals surface area contributed by atoms with Crippen LogP contribution in [0.15, 0.2) is 34.9 Å². The van der Waals surface area contributed by atoms with Gasteiger partial charge in [0.1, 0.15) is 12.0 Å². The molecule has 0 radical (unpaired) electrons. The molecule has 1 atom stereocenters. The first kappa shape index (κ1) is 11.7. The fourth-order valence-electron chi connectivity index (χ4n) is 2.12. The second-order valence-electron chi connectivity index (χ2n) is 4.53. The summed E-state index contributed by atoms with van der Waals surface area (Å²) in [5.41, 5.74) is 3.18. The maximum atomic E-state index is 5.23. The zero-order chi connectivity index (χ0) is 12.4. The smallest absolute Gasteiger partial charge is 0.191 e. The summed E-state index contributed by atoms with van der Waals surface area (Å²) in [4.78, 5) is 4.32. The first-order chi connectivity index (χ1) is 8.81. The SMILES string of the molecule is Cc1nc(-c2ccc(NC3CCSC3)cc2)co1. The molecular formula is C14H16N2OS. The number of hydrogen-bond donors (Lipinski definition) is 1. The van der Waals surface area contributed by atoms with Gasteiger partial charge in [0.2, 0.25) is 0 Å². The molecule has 1 aliphatic rings. The van der Waals surface area contributed by atoms with Crippen LogP contribution in [0.3, 0.4) is 0 Å². The second-order valence-corrected chi connectivity index (χ2v) is 5.68. The van der Waals surface area contributed by atoms with E-state index in [1.807, 2.05) is 18.7 Å². The number of aromatic nitrogens is 1. The minimum Gasteiger partial charge on any atom is -0.449 e. The fraction of sp³-hybridized carbons (Fsp3) is 0.357. The highest BCUT2D eigenvalue weighted by Gasteiger charge is 2.14. The van der Waals surface area contributed by atoms with E-state index in [1.54, 1.807) is 6.26 Å². The van der Waals surface area contributed by atoms with Crippen molar-refractivity contribution < 1.29 is 4.42 Å². The monoisotopic (exact) mass is 260 g/mol. The molecule has 0 bridgehead atoms. The van der Waals surface area contributed by atoms with Crippen LogP contribution < -0.4 is 5.32 Å². The summed E-state index contributed by atoms with van der Waals surface area (Å²) in [6.07, 6.45) is 2.96. The zero-order valence-electron chi connectivity index (χ0n) is 10.3. The highest BCUT2D eigenvalue weighted by atomic mass is 32.2. The third-order valence-electron chi connectivity index (χ3n) is 3.10. The maximum absolute atomic E-state index is 5.23. The van der Waals surface area contributed by atoms with E-state index in [2.05, 4.69) is 34.6 Å². The van der Waals surface area contributed by atoms with Gasteiger partial charge >= 0.3 is 0 Å². The molecule has 0 spiro atoms. The van der Waals surface area contributed by atoms with Gasteiger partial charge in [0.05, 0.1) is 0 Å². The number of rotatable bonds is 3. The van der Waals surface area contributed by atoms with Crippen LogP contribution in [0, 0.1) is 6.92 Å². The van der Waals surface area contributed by atoms with Crippen molar-refractivity contribution in [3.63, 3.8) is 0 Å². The van der Waals surface area contributed by atoms with E-state index < -0.39 is 0 Å². The van der Waals surface area contributed by atoms with Gasteiger partial charge in [-0.05, 0) is 24.3 Å². The molecule has 94 valence electrons. The predicted octanol–water partition coefficient (Wildman–Crippen LogP) is 3.57. The van der Waals surface area contributed by atoms with Crippen molar-refractivity contribution in [2.24, 2.45) is 0 Å². The third-order valence-corrected chi connectivity index (χ3v) is 4.26. The quantitative estimate of drug-likeness (QED) is 0.915. The van der Waals surface area contributed by atoms with Gasteiger partial charge in [0.15, 0.2) is 5.89 Å². The Morgan fingerprint density at radius 2 is 2.17 bits per heavy atom. The number of aryl methyl sites for hydroxylation is 1. The molecule has 1 aromatic carbocycles. The van der Waals surface area contributed by atoms with E-state index in [1.165, 1.54) is 23.6 Å². The van der Waals surface area contributed by atoms with Crippen LogP contribution in [-0.4, -0.2) is 22.5 Å². The molecule has 1 aromatic heterocycles. The molecule has 3 nitrogen and oxygen atoms in total. The van der Waals surface area contributed by atoms with Gasteiger partial charge in [0, 0.05) is 30.0 Å². The Balaban J connectivity index is 1.72. The Morgan fingerprint density at radius 1 is 1.33 bits per heavy atom. The third kappa shape index (κ3) is 2.53. The average molecular weight is 260 g/mol. The van der Waals surface area contributed by atoms with Crippen LogP contribution in [0.2, 0.25) is 0 Å². The maximum Gasteiger partial charge on any atom is 0.191 e. The summed E-state index contributed by atoms with van der Waals surface area (Å²) in [5.74, 6) is 3.19. The lowest BCUT2D eigenvalue weighted by Crippen LogP contribution is -2.17. The van der Waals surface area contributed by atoms with Crippen molar-refractivity contribution in [2.45, 2.75) is 19.4 Å². The normalized spacial score (nSPS) is 19.1. The van der Waals surface area contributed by atoms with Crippen LogP contribution in [0.4, 0.5) is 5.69 Å². The van der Waals surface area contributed by atoms with E-state index in [0.717, 1.165) is 11.3 Å². The minimum atomic E-state index is 0.621. The highest BCUT2D eigenvalue weighted by molar-refractivity contribution is 7.99. The van der Waals surface area contributed by atoms with Gasteiger partial charge in [-0.25, -0.2) is 4.98 Å². The Morgan fingerprint density at radius 3 is 2.78 bits per heavy atom. The number of nitrogens with one attached hydrogen (secondary N) is 1. The summed E-state index contributed by atoms with van der Waals surface area (Å²) < 4.78 is 5.23. The minimum absolute atomic E-state index is 0.621. The molecule has 18 heavy (non-hydrogen) atoms. The van der Waals surface area contributed by atoms with Crippen molar-refractivity contribution in [1.29, 1.82) is 0 Å². The van der Waals surface area contributed by atoms with Crippen LogP contribution in [0.25, 0.3) is 11.3 Å². The summed E-state index contributed by atoms with van der Waals surface area (Å²) in [5, 5.41) is 3.56. The molecule has 1 aliphatic heterocycles. The average Bonchev–Trinajstić information content (AvgIpc) is 3.02. The van der Waals surface area contributed by atoms with Crippen LogP contribution >= 0.6 is 11.8 Å². The lowest BCUT2D eigenvalue weighted by molar-refractivity contribution is 0.521. The molecule has 2 heterocycles. The Hall–Kier alpha value is -1.42. The first-order valence-electron chi connectivity index (χ1n) is 6.18. The molecule has 1 unspecified atom stereocenters. The van der Waals surface area contributed by atoms with E-state index in [-0.39, 0.29) is 0 Å². The Bertz CT molecular complexity index is 515. The summed E-state index contributed by atoms with van der Waals surface area (Å²) in [7, 11) is 0. The van der Waals surface area contributed by atoms with Crippen molar-refractivity contribution in [2.75, 3.05) is 16.8 Å². The van der Waals surface area contributed by atoms with Crippen LogP contribution in [0.1, 0.15) is 12.3 Å². The summed E-state index contributed by atoms with van der Waals surface area (Å²) in [6.45, 7) is 1.86. The van der Waals surface area contributed by atoms with E-state index in [9.17, 15) is 0 Å². The van der Waals surface area contributed by atoms with Crippen molar-refractivity contribution in [3.8, 4) is 11.3 Å². The van der Waals surface area contributed by atoms with Gasteiger partial charge in [-0.1, -0.05) is 12.1 Å². The first-order valence-corrected chi connectivity index (χ1v) is 7.33. The topological polar surface area (TPSA) is 38.1 Å². The number of thioether (sulfide) groups is 1. The second kappa shape index (κ2) is 5.06. The van der Waals surface area contributed by atoms with Gasteiger partial charge in [-0.15, -0.1) is 0 Å². The molecule has 0 amide bonds. The molecular weight excluding hydrogens is 244 g/mol. The molecule has 0 aliphatic carbocycles. The number of benzene rings is 1. The number of oxazole rings is 1. The molecule has 0 saturated carbocycles. The standard InChI is InChI=1S/C14H16N2OS/c1-10-15-14(8-17-10)11-2-4-12(5-3-11)16-13-6-7-18-9-13/h2-5,8,13,16H,6-7,9H2,1H3. The largest absolute Gasteiger partial charge is 0.449 e. The summed E-state index contributed by atoms with van der Waals surface area (Å²) >= 11 is 2.02. The lowest BCUT2D eigenvalue weighted by atomic mass is 10.1. The molecule has 1 fully saturated rings. The summed E-state index contributed by atoms with van der Waals surface area (Å²) in [6, 6.07) is 9.02. The van der Waals surface area contributed by atoms with E-state index in [4.69, 9.17) is 4.42 Å². The number of anilines is 1. The Kier molecular flexibility index (Phi) is 3.28. The highest BCUT2D eigenvalue weighted by Crippen LogP contribution is 2.24. The predicted molar refractivity (Wildman–Crippen MR) is 76.0 cm³/mol. The fourth-order valence-corrected chi connectivity index (χ4v) is 3.27. The van der Waals surface area contributed by atoms with Crippen molar-refractivity contribution in [3.05, 3.63) is 36.4 Å². The lowest BCUT2D eigenvalue weighted by Gasteiger charge is -2.12. The molecule has 1 saturated heterocycles. The number of nitrogens with zero attached hydrogens (tertiary/aromatic N) is 1. The van der Waals surface area contributed by atoms with Gasteiger partial charge < -0.3 is 9.73 Å². The Labute approximate surface area is 111 Å². The molecule has 1 N–H and O–H groups in total. The zero-order valence-corrected chi connectivity index (χ0v) is 11.2. The molecule has 4 heteroatoms. The van der Waals surface area contributed by atoms with E-state index >= 15 is 0 Å². The van der Waals surface area contributed by atoms with Crippen LogP contribution in [-0.2, 0) is 0 Å². The molecule has 2 aromatic rings. The van der Waals surface area contributed by atoms with Gasteiger partial charge in [-0.3, -0.25) is 0 Å².